The Kier molecular flexibility index (Phi) is 1.80. The molecule has 0 saturated carbocycles. The quantitative estimate of drug-likeness (QED) is 0.557. The summed E-state index contributed by atoms with van der Waals surface area (Å²) in [5.41, 5.74) is 0.888. The highest BCUT2D eigenvalue weighted by Gasteiger charge is 1.96. The van der Waals surface area contributed by atoms with Gasteiger partial charge in [-0.15, -0.1) is 5.10 Å². The van der Waals surface area contributed by atoms with E-state index in [9.17, 15) is 0 Å². The minimum absolute atomic E-state index is 0.653. The van der Waals surface area contributed by atoms with Crippen LogP contribution in [-0.2, 0) is 0 Å². The minimum Gasteiger partial charge on any atom is -0.346 e. The summed E-state index contributed by atoms with van der Waals surface area (Å²) < 4.78 is 0. The molecule has 1 rings (SSSR count). The van der Waals surface area contributed by atoms with Crippen molar-refractivity contribution in [1.82, 2.24) is 15.2 Å². The zero-order chi connectivity index (χ0) is 7.56. The Hall–Kier alpha value is -1.19. The lowest BCUT2D eigenvalue weighted by atomic mass is 10.5. The van der Waals surface area contributed by atoms with Crippen LogP contribution in [0.15, 0.2) is 6.20 Å². The molecule has 0 aliphatic rings. The normalized spacial score (nSPS) is 9.50. The number of hydrogen-bond donors (Lipinski definition) is 0. The Bertz CT molecular complexity index is 221. The third kappa shape index (κ3) is 1.40. The van der Waals surface area contributed by atoms with E-state index in [0.717, 1.165) is 5.69 Å². The van der Waals surface area contributed by atoms with Gasteiger partial charge in [-0.1, -0.05) is 0 Å². The van der Waals surface area contributed by atoms with Crippen LogP contribution in [0, 0.1) is 6.92 Å². The first-order valence-corrected chi connectivity index (χ1v) is 3.04. The predicted octanol–water partition coefficient (Wildman–Crippen LogP) is 0.246. The second-order valence-electron chi connectivity index (χ2n) is 2.29. The average Bonchev–Trinajstić information content (AvgIpc) is 1.88. The maximum absolute atomic E-state index is 4.12. The largest absolute Gasteiger partial charge is 0.346 e. The molecular weight excluding hydrogens is 128 g/mol. The molecule has 0 aromatic carbocycles. The number of rotatable bonds is 1. The molecule has 0 aliphatic carbocycles. The number of aromatic nitrogens is 3. The monoisotopic (exact) mass is 138 g/mol. The predicted molar refractivity (Wildman–Crippen MR) is 38.9 cm³/mol. The molecule has 4 heteroatoms. The highest BCUT2D eigenvalue weighted by molar-refractivity contribution is 5.24. The van der Waals surface area contributed by atoms with Gasteiger partial charge >= 0.3 is 0 Å². The summed E-state index contributed by atoms with van der Waals surface area (Å²) in [4.78, 5) is 5.94. The van der Waals surface area contributed by atoms with Crippen LogP contribution in [0.5, 0.6) is 0 Å². The maximum atomic E-state index is 4.12. The lowest BCUT2D eigenvalue weighted by molar-refractivity contribution is 0.886. The summed E-state index contributed by atoms with van der Waals surface area (Å²) >= 11 is 0. The first kappa shape index (κ1) is 6.92. The molecule has 1 aromatic heterocycles. The van der Waals surface area contributed by atoms with Gasteiger partial charge in [0.15, 0.2) is 0 Å². The van der Waals surface area contributed by atoms with E-state index in [1.165, 1.54) is 0 Å². The molecule has 0 amide bonds. The SMILES string of the molecule is Cc1cnnc(N(C)C)n1. The molecule has 0 saturated heterocycles. The summed E-state index contributed by atoms with van der Waals surface area (Å²) in [7, 11) is 3.77. The van der Waals surface area contributed by atoms with E-state index < -0.39 is 0 Å². The molecule has 0 radical (unpaired) electrons. The van der Waals surface area contributed by atoms with Gasteiger partial charge in [0.1, 0.15) is 0 Å². The van der Waals surface area contributed by atoms with Crippen molar-refractivity contribution in [1.29, 1.82) is 0 Å². The second kappa shape index (κ2) is 2.60. The first-order valence-electron chi connectivity index (χ1n) is 3.04. The van der Waals surface area contributed by atoms with Crippen LogP contribution in [0.2, 0.25) is 0 Å². The van der Waals surface area contributed by atoms with Gasteiger partial charge in [0.05, 0.1) is 11.9 Å². The summed E-state index contributed by atoms with van der Waals surface area (Å²) in [6.07, 6.45) is 1.63. The summed E-state index contributed by atoms with van der Waals surface area (Å²) in [6.45, 7) is 1.89. The molecule has 4 nitrogen and oxygen atoms in total. The topological polar surface area (TPSA) is 41.9 Å². The second-order valence-corrected chi connectivity index (χ2v) is 2.29. The van der Waals surface area contributed by atoms with Gasteiger partial charge in [0, 0.05) is 14.1 Å². The van der Waals surface area contributed by atoms with Crippen molar-refractivity contribution in [2.24, 2.45) is 0 Å². The molecule has 0 spiro atoms. The smallest absolute Gasteiger partial charge is 0.245 e. The van der Waals surface area contributed by atoms with E-state index >= 15 is 0 Å². The molecule has 0 N–H and O–H groups in total. The van der Waals surface area contributed by atoms with Crippen molar-refractivity contribution in [3.8, 4) is 0 Å². The van der Waals surface area contributed by atoms with Gasteiger partial charge in [-0.2, -0.15) is 5.10 Å². The van der Waals surface area contributed by atoms with Crippen LogP contribution in [0.25, 0.3) is 0 Å². The van der Waals surface area contributed by atoms with Crippen molar-refractivity contribution < 1.29 is 0 Å². The first-order chi connectivity index (χ1) is 4.70. The third-order valence-corrected chi connectivity index (χ3v) is 1.07. The average molecular weight is 138 g/mol. The zero-order valence-electron chi connectivity index (χ0n) is 6.37. The highest BCUT2D eigenvalue weighted by atomic mass is 15.3. The molecular formula is C6H10N4. The van der Waals surface area contributed by atoms with Crippen LogP contribution >= 0.6 is 0 Å². The van der Waals surface area contributed by atoms with Crippen molar-refractivity contribution in [2.75, 3.05) is 19.0 Å². The molecule has 1 heterocycles. The Morgan fingerprint density at radius 1 is 1.40 bits per heavy atom. The van der Waals surface area contributed by atoms with E-state index in [1.54, 1.807) is 6.20 Å². The lowest BCUT2D eigenvalue weighted by Gasteiger charge is -2.07. The Morgan fingerprint density at radius 3 is 2.50 bits per heavy atom. The van der Waals surface area contributed by atoms with Gasteiger partial charge in [-0.25, -0.2) is 4.98 Å². The summed E-state index contributed by atoms with van der Waals surface area (Å²) in [5, 5.41) is 7.56. The number of anilines is 1. The van der Waals surface area contributed by atoms with Gasteiger partial charge in [-0.3, -0.25) is 0 Å². The van der Waals surface area contributed by atoms with Crippen molar-refractivity contribution in [2.45, 2.75) is 6.92 Å². The molecule has 10 heavy (non-hydrogen) atoms. The molecule has 0 atom stereocenters. The number of hydrogen-bond acceptors (Lipinski definition) is 4. The summed E-state index contributed by atoms with van der Waals surface area (Å²) in [6, 6.07) is 0. The van der Waals surface area contributed by atoms with Gasteiger partial charge < -0.3 is 4.90 Å². The van der Waals surface area contributed by atoms with Crippen LogP contribution < -0.4 is 4.90 Å². The number of nitrogens with zero attached hydrogens (tertiary/aromatic N) is 4. The van der Waals surface area contributed by atoms with Gasteiger partial charge in [0.25, 0.3) is 0 Å². The highest BCUT2D eigenvalue weighted by Crippen LogP contribution is 1.98. The number of aryl methyl sites for hydroxylation is 1. The Morgan fingerprint density at radius 2 is 2.10 bits per heavy atom. The van der Waals surface area contributed by atoms with Crippen molar-refractivity contribution in [3.63, 3.8) is 0 Å². The molecule has 0 fully saturated rings. The van der Waals surface area contributed by atoms with Crippen molar-refractivity contribution >= 4 is 5.95 Å². The molecule has 1 aromatic rings. The van der Waals surface area contributed by atoms with Crippen LogP contribution in [0.4, 0.5) is 5.95 Å². The molecule has 0 aliphatic heterocycles. The minimum atomic E-state index is 0.653. The van der Waals surface area contributed by atoms with Crippen LogP contribution in [0.3, 0.4) is 0 Å². The fraction of sp³-hybridized carbons (Fsp3) is 0.500. The molecule has 0 bridgehead atoms. The Labute approximate surface area is 59.9 Å². The zero-order valence-corrected chi connectivity index (χ0v) is 6.37. The standard InChI is InChI=1S/C6H10N4/c1-5-4-7-9-6(8-5)10(2)3/h4H,1-3H3. The van der Waals surface area contributed by atoms with E-state index in [4.69, 9.17) is 0 Å². The maximum Gasteiger partial charge on any atom is 0.245 e. The van der Waals surface area contributed by atoms with Crippen LogP contribution in [0.1, 0.15) is 5.69 Å². The Balaban J connectivity index is 2.96. The van der Waals surface area contributed by atoms with E-state index in [2.05, 4.69) is 15.2 Å². The van der Waals surface area contributed by atoms with E-state index in [1.807, 2.05) is 25.9 Å². The van der Waals surface area contributed by atoms with Crippen molar-refractivity contribution in [3.05, 3.63) is 11.9 Å². The summed E-state index contributed by atoms with van der Waals surface area (Å²) in [5.74, 6) is 0.653. The fourth-order valence-electron chi connectivity index (χ4n) is 0.562. The molecule has 0 unspecified atom stereocenters. The van der Waals surface area contributed by atoms with Crippen LogP contribution in [-0.4, -0.2) is 29.3 Å². The van der Waals surface area contributed by atoms with Gasteiger partial charge in [0.2, 0.25) is 5.95 Å². The van der Waals surface area contributed by atoms with Gasteiger partial charge in [-0.05, 0) is 6.92 Å². The fourth-order valence-corrected chi connectivity index (χ4v) is 0.562. The molecule has 54 valence electrons. The van der Waals surface area contributed by atoms with E-state index in [0.29, 0.717) is 5.95 Å². The van der Waals surface area contributed by atoms with E-state index in [-0.39, 0.29) is 0 Å². The third-order valence-electron chi connectivity index (χ3n) is 1.07. The lowest BCUT2D eigenvalue weighted by Crippen LogP contribution is -2.13.